The van der Waals surface area contributed by atoms with Gasteiger partial charge in [0, 0.05) is 6.42 Å². The van der Waals surface area contributed by atoms with Gasteiger partial charge < -0.3 is 24.1 Å². The van der Waals surface area contributed by atoms with Crippen LogP contribution in [0.15, 0.2) is 0 Å². The zero-order valence-electron chi connectivity index (χ0n) is 34.0. The zero-order chi connectivity index (χ0) is 38.4. The van der Waals surface area contributed by atoms with E-state index in [1.165, 1.54) is 38.5 Å². The number of esters is 4. The van der Waals surface area contributed by atoms with Crippen LogP contribution < -0.4 is 0 Å². The summed E-state index contributed by atoms with van der Waals surface area (Å²) in [7, 11) is 0. The van der Waals surface area contributed by atoms with E-state index in [-0.39, 0.29) is 35.0 Å². The summed E-state index contributed by atoms with van der Waals surface area (Å²) in [6.45, 7) is 20.0. The standard InChI is InChI=1S/C17H28O2.C16H26O3.C10H16O4/c1-5-16(2,3)15(18)19-17(4)13-7-11-6-12(9-13)10-14(17)8-11;1-4-15(2,3)14(17)19-13-12-6-10-5-11(7-12)9-16(13,18)8-10;1-4-10(2,3)9(12)14-7-5-6-13-8(7)11/h11-14H,5-10H2,1-4H3;10-13,18H,4-9H2,1-3H3;7H,4-6H2,1-3H3. The molecule has 0 spiro atoms. The Kier molecular flexibility index (Phi) is 12.0. The predicted molar refractivity (Wildman–Crippen MR) is 198 cm³/mol. The second-order valence-corrected chi connectivity index (χ2v) is 20.0. The molecule has 0 aromatic carbocycles. The lowest BCUT2D eigenvalue weighted by Gasteiger charge is -2.59. The third-order valence-corrected chi connectivity index (χ3v) is 14.9. The van der Waals surface area contributed by atoms with Crippen molar-refractivity contribution in [3.8, 4) is 0 Å². The van der Waals surface area contributed by atoms with Gasteiger partial charge >= 0.3 is 23.9 Å². The highest BCUT2D eigenvalue weighted by molar-refractivity contribution is 5.82. The highest BCUT2D eigenvalue weighted by Gasteiger charge is 2.59. The number of cyclic esters (lactones) is 1. The molecule has 4 atom stereocenters. The van der Waals surface area contributed by atoms with Gasteiger partial charge in [-0.3, -0.25) is 14.4 Å². The minimum atomic E-state index is -0.728. The summed E-state index contributed by atoms with van der Waals surface area (Å²) in [4.78, 5) is 47.4. The minimum absolute atomic E-state index is 0.0185. The second-order valence-electron chi connectivity index (χ2n) is 20.0. The van der Waals surface area contributed by atoms with E-state index in [0.717, 1.165) is 50.4 Å². The minimum Gasteiger partial charge on any atom is -0.463 e. The van der Waals surface area contributed by atoms with Crippen LogP contribution in [0, 0.1) is 57.7 Å². The van der Waals surface area contributed by atoms with Crippen molar-refractivity contribution in [3.05, 3.63) is 0 Å². The Hall–Kier alpha value is -2.16. The van der Waals surface area contributed by atoms with E-state index in [4.69, 9.17) is 18.9 Å². The fraction of sp³-hybridized carbons (Fsp3) is 0.907. The Morgan fingerprint density at radius 3 is 1.56 bits per heavy atom. The van der Waals surface area contributed by atoms with E-state index in [2.05, 4.69) is 13.8 Å². The second kappa shape index (κ2) is 15.2. The van der Waals surface area contributed by atoms with Crippen molar-refractivity contribution in [2.75, 3.05) is 6.61 Å². The number of hydrogen-bond donors (Lipinski definition) is 1. The largest absolute Gasteiger partial charge is 0.463 e. The van der Waals surface area contributed by atoms with Crippen LogP contribution in [0.4, 0.5) is 0 Å². The molecule has 52 heavy (non-hydrogen) atoms. The molecule has 0 aromatic rings. The van der Waals surface area contributed by atoms with E-state index >= 15 is 0 Å². The number of ether oxygens (including phenoxy) is 4. The molecule has 0 radical (unpaired) electrons. The topological polar surface area (TPSA) is 125 Å². The van der Waals surface area contributed by atoms with Gasteiger partial charge in [0.25, 0.3) is 0 Å². The van der Waals surface area contributed by atoms with E-state index in [0.29, 0.717) is 49.0 Å². The SMILES string of the molecule is CCC(C)(C)C(=O)OC1(C)C2CC3CC(C2)CC1C3.CCC(C)(C)C(=O)OC1C2CC3CC(C2)CC1(O)C3.CCC(C)(C)C(=O)OC1CCOC1=O. The lowest BCUT2D eigenvalue weighted by atomic mass is 9.50. The molecule has 9 rings (SSSR count). The van der Waals surface area contributed by atoms with Crippen LogP contribution in [0.2, 0.25) is 0 Å². The Bertz CT molecular complexity index is 1290. The van der Waals surface area contributed by atoms with Gasteiger partial charge in [-0.2, -0.15) is 0 Å². The normalized spacial score (nSPS) is 38.4. The number of carbonyl (C=O) groups excluding carboxylic acids is 4. The van der Waals surface area contributed by atoms with Crippen LogP contribution in [0.1, 0.15) is 159 Å². The fourth-order valence-electron chi connectivity index (χ4n) is 10.4. The first-order valence-electron chi connectivity index (χ1n) is 20.7. The van der Waals surface area contributed by atoms with Crippen LogP contribution in [0.25, 0.3) is 0 Å². The van der Waals surface area contributed by atoms with Crippen LogP contribution in [-0.4, -0.2) is 59.0 Å². The van der Waals surface area contributed by atoms with Gasteiger partial charge in [-0.25, -0.2) is 4.79 Å². The van der Waals surface area contributed by atoms with Gasteiger partial charge in [-0.1, -0.05) is 20.8 Å². The van der Waals surface area contributed by atoms with Gasteiger partial charge in [-0.15, -0.1) is 0 Å². The fourth-order valence-corrected chi connectivity index (χ4v) is 10.4. The van der Waals surface area contributed by atoms with E-state index in [1.807, 2.05) is 41.5 Å². The lowest BCUT2D eigenvalue weighted by Crippen LogP contribution is -2.62. The molecule has 0 amide bonds. The quantitative estimate of drug-likeness (QED) is 0.184. The molecular formula is C43H70O9. The first-order valence-corrected chi connectivity index (χ1v) is 20.7. The molecule has 4 unspecified atom stereocenters. The Balaban J connectivity index is 0.000000153. The van der Waals surface area contributed by atoms with E-state index < -0.39 is 28.5 Å². The summed E-state index contributed by atoms with van der Waals surface area (Å²) in [5.41, 5.74) is -2.20. The van der Waals surface area contributed by atoms with Crippen molar-refractivity contribution < 1.29 is 43.2 Å². The van der Waals surface area contributed by atoms with Crippen LogP contribution in [-0.2, 0) is 38.1 Å². The third-order valence-electron chi connectivity index (χ3n) is 14.9. The molecule has 1 heterocycles. The molecule has 9 fully saturated rings. The Morgan fingerprint density at radius 2 is 1.13 bits per heavy atom. The summed E-state index contributed by atoms with van der Waals surface area (Å²) >= 11 is 0. The summed E-state index contributed by atoms with van der Waals surface area (Å²) in [5.74, 6) is 3.95. The van der Waals surface area contributed by atoms with Gasteiger partial charge in [0.2, 0.25) is 6.10 Å². The van der Waals surface area contributed by atoms with Gasteiger partial charge in [0.1, 0.15) is 17.3 Å². The Labute approximate surface area is 313 Å². The highest BCUT2D eigenvalue weighted by atomic mass is 16.6. The summed E-state index contributed by atoms with van der Waals surface area (Å²) in [5, 5.41) is 10.9. The lowest BCUT2D eigenvalue weighted by molar-refractivity contribution is -0.227. The molecule has 9 aliphatic rings. The Morgan fingerprint density at radius 1 is 0.692 bits per heavy atom. The van der Waals surface area contributed by atoms with Crippen molar-refractivity contribution in [1.82, 2.24) is 0 Å². The first-order chi connectivity index (χ1) is 24.2. The molecule has 8 aliphatic carbocycles. The predicted octanol–water partition coefficient (Wildman–Crippen LogP) is 8.37. The molecule has 9 nitrogen and oxygen atoms in total. The first kappa shape index (κ1) is 41.0. The molecule has 9 heteroatoms. The highest BCUT2D eigenvalue weighted by Crippen LogP contribution is 2.60. The van der Waals surface area contributed by atoms with Crippen molar-refractivity contribution in [1.29, 1.82) is 0 Å². The smallest absolute Gasteiger partial charge is 0.347 e. The summed E-state index contributed by atoms with van der Waals surface area (Å²) in [6.07, 6.45) is 13.7. The monoisotopic (exact) mass is 731 g/mol. The van der Waals surface area contributed by atoms with Gasteiger partial charge in [0.15, 0.2) is 0 Å². The number of aliphatic hydroxyl groups is 1. The summed E-state index contributed by atoms with van der Waals surface area (Å²) < 4.78 is 21.7. The number of hydrogen-bond acceptors (Lipinski definition) is 9. The van der Waals surface area contributed by atoms with Crippen LogP contribution >= 0.6 is 0 Å². The maximum Gasteiger partial charge on any atom is 0.347 e. The molecular weight excluding hydrogens is 660 g/mol. The van der Waals surface area contributed by atoms with E-state index in [1.54, 1.807) is 13.8 Å². The van der Waals surface area contributed by atoms with Crippen molar-refractivity contribution >= 4 is 23.9 Å². The number of carbonyl (C=O) groups is 4. The molecule has 1 aliphatic heterocycles. The van der Waals surface area contributed by atoms with Crippen LogP contribution in [0.5, 0.6) is 0 Å². The van der Waals surface area contributed by atoms with E-state index in [9.17, 15) is 24.3 Å². The van der Waals surface area contributed by atoms with Crippen molar-refractivity contribution in [3.63, 3.8) is 0 Å². The average molecular weight is 731 g/mol. The maximum absolute atomic E-state index is 12.5. The van der Waals surface area contributed by atoms with Gasteiger partial charge in [-0.05, 0) is 173 Å². The molecule has 8 bridgehead atoms. The molecule has 296 valence electrons. The van der Waals surface area contributed by atoms with Crippen molar-refractivity contribution in [2.24, 2.45) is 57.7 Å². The van der Waals surface area contributed by atoms with Gasteiger partial charge in [0.05, 0.1) is 22.9 Å². The molecule has 1 N–H and O–H groups in total. The zero-order valence-corrected chi connectivity index (χ0v) is 34.0. The summed E-state index contributed by atoms with van der Waals surface area (Å²) in [6, 6.07) is 0. The molecule has 0 aromatic heterocycles. The van der Waals surface area contributed by atoms with Crippen LogP contribution in [0.3, 0.4) is 0 Å². The third kappa shape index (κ3) is 8.39. The molecule has 1 saturated heterocycles. The number of rotatable bonds is 9. The van der Waals surface area contributed by atoms with Crippen molar-refractivity contribution in [2.45, 2.75) is 183 Å². The molecule has 8 saturated carbocycles. The average Bonchev–Trinajstić information content (AvgIpc) is 3.48. The maximum atomic E-state index is 12.5.